The monoisotopic (exact) mass is 724 g/mol. The van der Waals surface area contributed by atoms with E-state index in [0.29, 0.717) is 70.2 Å². The van der Waals surface area contributed by atoms with E-state index in [1.165, 1.54) is 0 Å². The standard InChI is InChI=1S/C46H48N2O6/c1-5-9-15-29(7-3)27-47-43(37-23-21-35(53-37)39-25-31-17-11-13-19-33(31)51-39)41-42(45(47)49)44(48(46(41)50)28-30(8-4)16-10-6-2)38-24-22-36(54-38)40-26-32-18-12-14-20-34(32)52-40/h11-14,17-26,29-30H,5-10,15-16,27-28H2,1-4H3. The zero-order valence-electron chi connectivity index (χ0n) is 31.7. The molecule has 8 rings (SSSR count). The molecule has 0 bridgehead atoms. The van der Waals surface area contributed by atoms with Crippen molar-refractivity contribution in [2.75, 3.05) is 13.1 Å². The zero-order chi connectivity index (χ0) is 37.3. The van der Waals surface area contributed by atoms with Gasteiger partial charge in [0.1, 0.15) is 22.6 Å². The first-order chi connectivity index (χ1) is 26.4. The van der Waals surface area contributed by atoms with Crippen LogP contribution in [0.3, 0.4) is 0 Å². The summed E-state index contributed by atoms with van der Waals surface area (Å²) in [6.07, 6.45) is 8.08. The third-order valence-corrected chi connectivity index (χ3v) is 11.2. The van der Waals surface area contributed by atoms with Crippen LogP contribution in [0.2, 0.25) is 0 Å². The zero-order valence-corrected chi connectivity index (χ0v) is 31.7. The lowest BCUT2D eigenvalue weighted by Crippen LogP contribution is -2.34. The Balaban J connectivity index is 1.27. The smallest absolute Gasteiger partial charge is 0.261 e. The topological polar surface area (TPSA) is 93.2 Å². The molecule has 6 aromatic rings. The highest BCUT2D eigenvalue weighted by Gasteiger charge is 2.51. The summed E-state index contributed by atoms with van der Waals surface area (Å²) in [5.41, 5.74) is 3.30. The van der Waals surface area contributed by atoms with Crippen molar-refractivity contribution < 1.29 is 27.3 Å². The number of amides is 2. The molecule has 0 spiro atoms. The molecule has 2 aliphatic rings. The second-order valence-electron chi connectivity index (χ2n) is 14.7. The van der Waals surface area contributed by atoms with Crippen molar-refractivity contribution in [1.82, 2.24) is 9.80 Å². The van der Waals surface area contributed by atoms with Gasteiger partial charge in [0.15, 0.2) is 34.6 Å². The Hall–Kier alpha value is -5.50. The van der Waals surface area contributed by atoms with E-state index in [-0.39, 0.29) is 23.7 Å². The second-order valence-corrected chi connectivity index (χ2v) is 14.7. The number of unbranched alkanes of at least 4 members (excludes halogenated alkanes) is 2. The van der Waals surface area contributed by atoms with E-state index in [9.17, 15) is 0 Å². The maximum atomic E-state index is 15.0. The third-order valence-electron chi connectivity index (χ3n) is 11.2. The molecule has 0 saturated carbocycles. The number of hydrogen-bond acceptors (Lipinski definition) is 6. The summed E-state index contributed by atoms with van der Waals surface area (Å²) in [5, 5.41) is 1.94. The fourth-order valence-corrected chi connectivity index (χ4v) is 8.01. The van der Waals surface area contributed by atoms with Gasteiger partial charge in [-0.05, 0) is 73.2 Å². The van der Waals surface area contributed by atoms with Crippen LogP contribution in [0.4, 0.5) is 0 Å². The molecule has 8 heteroatoms. The highest BCUT2D eigenvalue weighted by atomic mass is 16.4. The molecule has 2 amide bonds. The Morgan fingerprint density at radius 1 is 0.500 bits per heavy atom. The summed E-state index contributed by atoms with van der Waals surface area (Å²) in [5.74, 6) is 3.27. The lowest BCUT2D eigenvalue weighted by atomic mass is 9.98. The largest absolute Gasteiger partial charge is 0.453 e. The molecule has 4 aromatic heterocycles. The summed E-state index contributed by atoms with van der Waals surface area (Å²) in [6.45, 7) is 9.67. The third kappa shape index (κ3) is 6.42. The fraction of sp³-hybridized carbons (Fsp3) is 0.348. The lowest BCUT2D eigenvalue weighted by molar-refractivity contribution is -0.124. The molecule has 2 atom stereocenters. The van der Waals surface area contributed by atoms with E-state index >= 15 is 9.59 Å². The average Bonchev–Trinajstić information content (AvgIpc) is 4.05. The van der Waals surface area contributed by atoms with Crippen molar-refractivity contribution in [3.8, 4) is 23.0 Å². The first-order valence-corrected chi connectivity index (χ1v) is 19.7. The Kier molecular flexibility index (Phi) is 9.93. The molecule has 0 radical (unpaired) electrons. The SMILES string of the molecule is CCCCC(CC)CN1C(=O)C2=C(c3ccc(-c4cc5ccccc5o4)o3)N(CC(CC)CCCC)C(=O)C2=C1c1ccc(-c2cc3ccccc3o2)o1. The average molecular weight is 725 g/mol. The van der Waals surface area contributed by atoms with Gasteiger partial charge < -0.3 is 27.5 Å². The quantitative estimate of drug-likeness (QED) is 0.0986. The normalized spacial score (nSPS) is 15.9. The number of rotatable bonds is 16. The van der Waals surface area contributed by atoms with Crippen molar-refractivity contribution in [3.05, 3.63) is 108 Å². The van der Waals surface area contributed by atoms with Crippen molar-refractivity contribution >= 4 is 45.1 Å². The van der Waals surface area contributed by atoms with E-state index in [1.807, 2.05) is 84.9 Å². The summed E-state index contributed by atoms with van der Waals surface area (Å²) in [7, 11) is 0. The molecule has 2 aliphatic heterocycles. The molecule has 2 unspecified atom stereocenters. The summed E-state index contributed by atoms with van der Waals surface area (Å²) >= 11 is 0. The van der Waals surface area contributed by atoms with Crippen LogP contribution in [-0.2, 0) is 9.59 Å². The van der Waals surface area contributed by atoms with E-state index < -0.39 is 0 Å². The number of furan rings is 4. The van der Waals surface area contributed by atoms with Gasteiger partial charge in [-0.2, -0.15) is 0 Å². The fourth-order valence-electron chi connectivity index (χ4n) is 8.01. The Labute approximate surface area is 316 Å². The molecule has 0 N–H and O–H groups in total. The van der Waals surface area contributed by atoms with E-state index in [4.69, 9.17) is 17.7 Å². The first-order valence-electron chi connectivity index (χ1n) is 19.7. The van der Waals surface area contributed by atoms with Crippen LogP contribution in [0.1, 0.15) is 90.6 Å². The van der Waals surface area contributed by atoms with Crippen LogP contribution in [0.25, 0.3) is 56.4 Å². The van der Waals surface area contributed by atoms with Gasteiger partial charge >= 0.3 is 0 Å². The number of para-hydroxylation sites is 2. The van der Waals surface area contributed by atoms with E-state index in [2.05, 4.69) is 27.7 Å². The summed E-state index contributed by atoms with van der Waals surface area (Å²) in [4.78, 5) is 33.6. The van der Waals surface area contributed by atoms with Gasteiger partial charge in [0.05, 0.1) is 11.1 Å². The maximum Gasteiger partial charge on any atom is 0.261 e. The van der Waals surface area contributed by atoms with Gasteiger partial charge in [-0.1, -0.05) is 103 Å². The van der Waals surface area contributed by atoms with Gasteiger partial charge in [0, 0.05) is 23.9 Å². The molecule has 2 aromatic carbocycles. The molecule has 8 nitrogen and oxygen atoms in total. The number of carbonyl (C=O) groups is 2. The highest BCUT2D eigenvalue weighted by Crippen LogP contribution is 2.49. The van der Waals surface area contributed by atoms with Gasteiger partial charge in [-0.25, -0.2) is 0 Å². The molecule has 0 fully saturated rings. The van der Waals surface area contributed by atoms with Gasteiger partial charge in [-0.15, -0.1) is 0 Å². The number of carbonyl (C=O) groups excluding carboxylic acids is 2. The number of fused-ring (bicyclic) bond motifs is 3. The van der Waals surface area contributed by atoms with Crippen LogP contribution >= 0.6 is 0 Å². The number of nitrogens with zero attached hydrogens (tertiary/aromatic N) is 2. The minimum atomic E-state index is -0.203. The predicted molar refractivity (Wildman–Crippen MR) is 212 cm³/mol. The predicted octanol–water partition coefficient (Wildman–Crippen LogP) is 11.9. The lowest BCUT2D eigenvalue weighted by Gasteiger charge is -2.28. The molecule has 0 saturated heterocycles. The Morgan fingerprint density at radius 2 is 0.907 bits per heavy atom. The van der Waals surface area contributed by atoms with E-state index in [0.717, 1.165) is 73.3 Å². The molecular formula is C46H48N2O6. The van der Waals surface area contributed by atoms with E-state index in [1.54, 1.807) is 9.80 Å². The number of benzene rings is 2. The first kappa shape index (κ1) is 35.5. The van der Waals surface area contributed by atoms with Crippen LogP contribution in [0.15, 0.2) is 114 Å². The highest BCUT2D eigenvalue weighted by molar-refractivity contribution is 6.30. The second kappa shape index (κ2) is 15.1. The summed E-state index contributed by atoms with van der Waals surface area (Å²) < 4.78 is 25.4. The van der Waals surface area contributed by atoms with Gasteiger partial charge in [0.25, 0.3) is 11.8 Å². The maximum absolute atomic E-state index is 15.0. The Bertz CT molecular complexity index is 2150. The van der Waals surface area contributed by atoms with Crippen LogP contribution in [0, 0.1) is 11.8 Å². The minimum absolute atomic E-state index is 0.203. The van der Waals surface area contributed by atoms with Gasteiger partial charge in [-0.3, -0.25) is 9.59 Å². The van der Waals surface area contributed by atoms with Crippen LogP contribution in [-0.4, -0.2) is 34.7 Å². The van der Waals surface area contributed by atoms with Gasteiger partial charge in [0.2, 0.25) is 0 Å². The van der Waals surface area contributed by atoms with Crippen LogP contribution in [0.5, 0.6) is 0 Å². The molecule has 54 heavy (non-hydrogen) atoms. The Morgan fingerprint density at radius 3 is 1.30 bits per heavy atom. The van der Waals surface area contributed by atoms with Crippen molar-refractivity contribution in [2.24, 2.45) is 11.8 Å². The van der Waals surface area contributed by atoms with Crippen molar-refractivity contribution in [1.29, 1.82) is 0 Å². The van der Waals surface area contributed by atoms with Crippen molar-refractivity contribution in [2.45, 2.75) is 79.1 Å². The number of hydrogen-bond donors (Lipinski definition) is 0. The molecular weight excluding hydrogens is 677 g/mol. The van der Waals surface area contributed by atoms with Crippen molar-refractivity contribution in [3.63, 3.8) is 0 Å². The molecule has 0 aliphatic carbocycles. The molecule has 278 valence electrons. The van der Waals surface area contributed by atoms with Crippen LogP contribution < -0.4 is 0 Å². The molecule has 6 heterocycles. The summed E-state index contributed by atoms with van der Waals surface area (Å²) in [6, 6.07) is 27.0. The minimum Gasteiger partial charge on any atom is -0.453 e.